The molecule has 3 heteroatoms. The molecule has 2 heterocycles. The molecule has 0 bridgehead atoms. The van der Waals surface area contributed by atoms with Crippen molar-refractivity contribution in [2.75, 3.05) is 26.2 Å². The first-order valence-electron chi connectivity index (χ1n) is 8.41. The molecule has 3 nitrogen and oxygen atoms in total. The number of likely N-dealkylation sites (tertiary alicyclic amines) is 1. The van der Waals surface area contributed by atoms with Crippen LogP contribution in [0.1, 0.15) is 32.3 Å². The van der Waals surface area contributed by atoms with Crippen molar-refractivity contribution in [1.82, 2.24) is 10.2 Å². The number of piperidine rings is 1. The number of hydrogen-bond donors (Lipinski definition) is 1. The van der Waals surface area contributed by atoms with Gasteiger partial charge in [0.25, 0.3) is 0 Å². The van der Waals surface area contributed by atoms with Crippen LogP contribution in [0, 0.1) is 5.92 Å². The van der Waals surface area contributed by atoms with Gasteiger partial charge in [-0.2, -0.15) is 0 Å². The maximum Gasteiger partial charge on any atom is 0.123 e. The quantitative estimate of drug-likeness (QED) is 0.901. The van der Waals surface area contributed by atoms with Crippen LogP contribution >= 0.6 is 0 Å². The van der Waals surface area contributed by atoms with Gasteiger partial charge in [0.1, 0.15) is 11.9 Å². The van der Waals surface area contributed by atoms with Crippen LogP contribution in [0.5, 0.6) is 5.75 Å². The first-order chi connectivity index (χ1) is 10.2. The monoisotopic (exact) mass is 288 g/mol. The van der Waals surface area contributed by atoms with Gasteiger partial charge in [-0.3, -0.25) is 4.90 Å². The predicted molar refractivity (Wildman–Crippen MR) is 86.9 cm³/mol. The number of nitrogens with one attached hydrogen (secondary N) is 1. The molecule has 2 unspecified atom stereocenters. The number of para-hydroxylation sites is 1. The molecule has 1 fully saturated rings. The van der Waals surface area contributed by atoms with Crippen molar-refractivity contribution in [2.24, 2.45) is 5.92 Å². The topological polar surface area (TPSA) is 24.5 Å². The van der Waals surface area contributed by atoms with Crippen molar-refractivity contribution in [1.29, 1.82) is 0 Å². The SMILES string of the molecule is CC(C)NCC1CCCN(CC2Cc3ccccc3O2)C1. The van der Waals surface area contributed by atoms with Gasteiger partial charge in [-0.25, -0.2) is 0 Å². The summed E-state index contributed by atoms with van der Waals surface area (Å²) < 4.78 is 6.09. The minimum atomic E-state index is 0.346. The third kappa shape index (κ3) is 3.98. The highest BCUT2D eigenvalue weighted by molar-refractivity contribution is 5.37. The van der Waals surface area contributed by atoms with E-state index in [9.17, 15) is 0 Å². The van der Waals surface area contributed by atoms with Gasteiger partial charge in [-0.1, -0.05) is 32.0 Å². The fourth-order valence-corrected chi connectivity index (χ4v) is 3.53. The molecule has 2 atom stereocenters. The van der Waals surface area contributed by atoms with E-state index in [1.807, 2.05) is 0 Å². The molecule has 2 aliphatic rings. The molecular weight excluding hydrogens is 260 g/mol. The number of benzene rings is 1. The standard InChI is InChI=1S/C18H28N2O/c1-14(2)19-11-15-6-5-9-20(12-15)13-17-10-16-7-3-4-8-18(16)21-17/h3-4,7-8,14-15,17,19H,5-6,9-13H2,1-2H3. The first-order valence-corrected chi connectivity index (χ1v) is 8.41. The van der Waals surface area contributed by atoms with E-state index >= 15 is 0 Å². The zero-order valence-electron chi connectivity index (χ0n) is 13.3. The average Bonchev–Trinajstić information content (AvgIpc) is 2.87. The van der Waals surface area contributed by atoms with Crippen LogP contribution in [0.2, 0.25) is 0 Å². The van der Waals surface area contributed by atoms with Crippen LogP contribution in [0.15, 0.2) is 24.3 Å². The Morgan fingerprint density at radius 1 is 1.33 bits per heavy atom. The summed E-state index contributed by atoms with van der Waals surface area (Å²) in [5.41, 5.74) is 1.37. The minimum absolute atomic E-state index is 0.346. The molecule has 1 saturated heterocycles. The number of hydrogen-bond acceptors (Lipinski definition) is 3. The number of fused-ring (bicyclic) bond motifs is 1. The van der Waals surface area contributed by atoms with Gasteiger partial charge in [-0.15, -0.1) is 0 Å². The highest BCUT2D eigenvalue weighted by atomic mass is 16.5. The molecule has 2 aliphatic heterocycles. The molecular formula is C18H28N2O. The van der Waals surface area contributed by atoms with Crippen molar-refractivity contribution in [2.45, 2.75) is 45.3 Å². The molecule has 0 radical (unpaired) electrons. The Labute approximate surface area is 128 Å². The number of ether oxygens (including phenoxy) is 1. The van der Waals surface area contributed by atoms with E-state index in [1.54, 1.807) is 0 Å². The minimum Gasteiger partial charge on any atom is -0.488 e. The fraction of sp³-hybridized carbons (Fsp3) is 0.667. The van der Waals surface area contributed by atoms with Crippen molar-refractivity contribution >= 4 is 0 Å². The molecule has 116 valence electrons. The normalized spacial score (nSPS) is 25.9. The number of rotatable bonds is 5. The van der Waals surface area contributed by atoms with Gasteiger partial charge in [-0.05, 0) is 43.5 Å². The predicted octanol–water partition coefficient (Wildman–Crippen LogP) is 2.70. The summed E-state index contributed by atoms with van der Waals surface area (Å²) in [6.07, 6.45) is 4.10. The highest BCUT2D eigenvalue weighted by Crippen LogP contribution is 2.29. The molecule has 3 rings (SSSR count). The molecule has 0 aromatic heterocycles. The molecule has 0 amide bonds. The highest BCUT2D eigenvalue weighted by Gasteiger charge is 2.27. The zero-order chi connectivity index (χ0) is 14.7. The van der Waals surface area contributed by atoms with E-state index in [0.717, 1.165) is 31.2 Å². The third-order valence-electron chi connectivity index (χ3n) is 4.59. The van der Waals surface area contributed by atoms with Crippen molar-refractivity contribution in [3.8, 4) is 5.75 Å². The second kappa shape index (κ2) is 6.80. The lowest BCUT2D eigenvalue weighted by atomic mass is 9.97. The summed E-state index contributed by atoms with van der Waals surface area (Å²) in [6.45, 7) is 9.13. The fourth-order valence-electron chi connectivity index (χ4n) is 3.53. The summed E-state index contributed by atoms with van der Waals surface area (Å²) in [6, 6.07) is 9.06. The Morgan fingerprint density at radius 3 is 3.00 bits per heavy atom. The summed E-state index contributed by atoms with van der Waals surface area (Å²) in [4.78, 5) is 2.60. The van der Waals surface area contributed by atoms with Gasteiger partial charge in [0.2, 0.25) is 0 Å². The Bertz CT molecular complexity index is 435. The molecule has 0 spiro atoms. The van der Waals surface area contributed by atoms with Crippen molar-refractivity contribution < 1.29 is 4.74 Å². The number of nitrogens with zero attached hydrogens (tertiary/aromatic N) is 1. The summed E-state index contributed by atoms with van der Waals surface area (Å²) in [5.74, 6) is 1.89. The molecule has 1 aromatic carbocycles. The van der Waals surface area contributed by atoms with Gasteiger partial charge in [0.15, 0.2) is 0 Å². The summed E-state index contributed by atoms with van der Waals surface area (Å²) in [7, 11) is 0. The average molecular weight is 288 g/mol. The zero-order valence-corrected chi connectivity index (χ0v) is 13.3. The second-order valence-corrected chi connectivity index (χ2v) is 6.88. The maximum absolute atomic E-state index is 6.09. The Morgan fingerprint density at radius 2 is 2.19 bits per heavy atom. The van der Waals surface area contributed by atoms with E-state index < -0.39 is 0 Å². The lowest BCUT2D eigenvalue weighted by molar-refractivity contribution is 0.109. The van der Waals surface area contributed by atoms with Crippen molar-refractivity contribution in [3.05, 3.63) is 29.8 Å². The maximum atomic E-state index is 6.09. The molecule has 0 saturated carbocycles. The van der Waals surface area contributed by atoms with Gasteiger partial charge >= 0.3 is 0 Å². The first kappa shape index (κ1) is 14.9. The van der Waals surface area contributed by atoms with Crippen LogP contribution in [-0.2, 0) is 6.42 Å². The van der Waals surface area contributed by atoms with Crippen LogP contribution in [0.3, 0.4) is 0 Å². The van der Waals surface area contributed by atoms with Gasteiger partial charge in [0, 0.05) is 25.6 Å². The van der Waals surface area contributed by atoms with E-state index in [0.29, 0.717) is 12.1 Å². The van der Waals surface area contributed by atoms with Crippen LogP contribution in [0.25, 0.3) is 0 Å². The summed E-state index contributed by atoms with van der Waals surface area (Å²) >= 11 is 0. The van der Waals surface area contributed by atoms with E-state index in [2.05, 4.69) is 48.3 Å². The Balaban J connectivity index is 1.47. The smallest absolute Gasteiger partial charge is 0.123 e. The van der Waals surface area contributed by atoms with E-state index in [4.69, 9.17) is 4.74 Å². The van der Waals surface area contributed by atoms with Crippen LogP contribution in [0.4, 0.5) is 0 Å². The largest absolute Gasteiger partial charge is 0.488 e. The van der Waals surface area contributed by atoms with Gasteiger partial charge in [0.05, 0.1) is 0 Å². The third-order valence-corrected chi connectivity index (χ3v) is 4.59. The lowest BCUT2D eigenvalue weighted by Crippen LogP contribution is -2.44. The molecule has 0 aliphatic carbocycles. The van der Waals surface area contributed by atoms with Crippen LogP contribution < -0.4 is 10.1 Å². The Hall–Kier alpha value is -1.06. The molecule has 1 aromatic rings. The summed E-state index contributed by atoms with van der Waals surface area (Å²) in [5, 5.41) is 3.59. The lowest BCUT2D eigenvalue weighted by Gasteiger charge is -2.34. The van der Waals surface area contributed by atoms with Crippen molar-refractivity contribution in [3.63, 3.8) is 0 Å². The van der Waals surface area contributed by atoms with E-state index in [-0.39, 0.29) is 0 Å². The van der Waals surface area contributed by atoms with Gasteiger partial charge < -0.3 is 10.1 Å². The van der Waals surface area contributed by atoms with E-state index in [1.165, 1.54) is 31.5 Å². The Kier molecular flexibility index (Phi) is 4.81. The molecule has 21 heavy (non-hydrogen) atoms. The molecule has 1 N–H and O–H groups in total. The second-order valence-electron chi connectivity index (χ2n) is 6.88. The van der Waals surface area contributed by atoms with Crippen LogP contribution in [-0.4, -0.2) is 43.2 Å².